The molecule has 0 aromatic carbocycles. The van der Waals surface area contributed by atoms with E-state index < -0.39 is 6.09 Å². The van der Waals surface area contributed by atoms with Gasteiger partial charge in [-0.3, -0.25) is 0 Å². The summed E-state index contributed by atoms with van der Waals surface area (Å²) in [5.41, 5.74) is 4.77. The van der Waals surface area contributed by atoms with Gasteiger partial charge in [0, 0.05) is 6.61 Å². The topological polar surface area (TPSA) is 80.0 Å². The molecular weight excluding hydrogens is 254 g/mol. The molecule has 0 aromatic rings. The van der Waals surface area contributed by atoms with E-state index >= 15 is 0 Å². The lowest BCUT2D eigenvalue weighted by atomic mass is 10.4. The Morgan fingerprint density at radius 1 is 0.889 bits per heavy atom. The van der Waals surface area contributed by atoms with E-state index in [-0.39, 0.29) is 17.6 Å². The summed E-state index contributed by atoms with van der Waals surface area (Å²) < 4.78 is 20.2. The molecule has 0 aliphatic carbocycles. The zero-order chi connectivity index (χ0) is 12.8. The molecule has 0 unspecified atom stereocenters. The fourth-order valence-corrected chi connectivity index (χ4v) is 0.989. The lowest BCUT2D eigenvalue weighted by molar-refractivity contribution is 0.00588. The van der Waals surface area contributed by atoms with Crippen LogP contribution in [0.15, 0.2) is 0 Å². The molecule has 7 heteroatoms. The molecule has 0 aliphatic heterocycles. The molecule has 2 N–H and O–H groups in total. The van der Waals surface area contributed by atoms with Crippen molar-refractivity contribution in [3.63, 3.8) is 0 Å². The van der Waals surface area contributed by atoms with E-state index in [1.54, 1.807) is 0 Å². The summed E-state index contributed by atoms with van der Waals surface area (Å²) in [7, 11) is 0. The number of primary amides is 1. The second-order valence-electron chi connectivity index (χ2n) is 3.36. The Kier molecular flexibility index (Phi) is 17.9. The molecule has 0 heterocycles. The van der Waals surface area contributed by atoms with Crippen LogP contribution >= 0.6 is 0 Å². The van der Waals surface area contributed by atoms with Gasteiger partial charge >= 0.3 is 6.09 Å². The first kappa shape index (κ1) is 19.7. The van der Waals surface area contributed by atoms with Crippen molar-refractivity contribution in [1.82, 2.24) is 0 Å². The molecule has 0 aromatic heterocycles. The number of nitrogens with two attached hydrogens (primary N) is 1. The molecule has 0 rings (SSSR count). The predicted molar refractivity (Wildman–Crippen MR) is 74.2 cm³/mol. The number of amides is 1. The van der Waals surface area contributed by atoms with E-state index in [9.17, 15) is 4.79 Å². The van der Waals surface area contributed by atoms with Crippen molar-refractivity contribution < 1.29 is 23.7 Å². The standard InChI is InChI=1S/C11H23NO5.H4Si/c1-2-3-4-14-5-6-15-7-8-16-9-10-17-11(12)13;/h2-10H2,1H3,(H2,12,13);1H4. The van der Waals surface area contributed by atoms with Crippen LogP contribution in [0.3, 0.4) is 0 Å². The minimum atomic E-state index is -0.783. The molecule has 0 atom stereocenters. The van der Waals surface area contributed by atoms with Gasteiger partial charge in [-0.15, -0.1) is 0 Å². The number of rotatable bonds is 12. The van der Waals surface area contributed by atoms with Crippen LogP contribution < -0.4 is 5.73 Å². The average Bonchev–Trinajstić information content (AvgIpc) is 2.30. The van der Waals surface area contributed by atoms with E-state index in [4.69, 9.17) is 19.9 Å². The largest absolute Gasteiger partial charge is 0.447 e. The van der Waals surface area contributed by atoms with E-state index in [0.717, 1.165) is 19.4 Å². The van der Waals surface area contributed by atoms with Crippen molar-refractivity contribution >= 4 is 17.1 Å². The minimum Gasteiger partial charge on any atom is -0.447 e. The van der Waals surface area contributed by atoms with Crippen molar-refractivity contribution in [1.29, 1.82) is 0 Å². The first-order valence-corrected chi connectivity index (χ1v) is 5.92. The molecule has 18 heavy (non-hydrogen) atoms. The van der Waals surface area contributed by atoms with Crippen LogP contribution in [0.5, 0.6) is 0 Å². The van der Waals surface area contributed by atoms with Crippen LogP contribution in [0.4, 0.5) is 4.79 Å². The van der Waals surface area contributed by atoms with Gasteiger partial charge in [-0.05, 0) is 17.4 Å². The van der Waals surface area contributed by atoms with Crippen LogP contribution in [-0.2, 0) is 18.9 Å². The Bertz CT molecular complexity index is 183. The maximum absolute atomic E-state index is 10.2. The van der Waals surface area contributed by atoms with E-state index in [0.29, 0.717) is 33.0 Å². The fraction of sp³-hybridized carbons (Fsp3) is 0.909. The van der Waals surface area contributed by atoms with Gasteiger partial charge in [0.2, 0.25) is 0 Å². The summed E-state index contributed by atoms with van der Waals surface area (Å²) in [6.45, 7) is 5.59. The van der Waals surface area contributed by atoms with Gasteiger partial charge in [-0.25, -0.2) is 4.79 Å². The maximum Gasteiger partial charge on any atom is 0.404 e. The number of hydrogen-bond donors (Lipinski definition) is 1. The highest BCUT2D eigenvalue weighted by Gasteiger charge is 1.94. The highest BCUT2D eigenvalue weighted by atomic mass is 28.1. The molecule has 0 bridgehead atoms. The van der Waals surface area contributed by atoms with Crippen molar-refractivity contribution in [3.8, 4) is 0 Å². The highest BCUT2D eigenvalue weighted by Crippen LogP contribution is 1.88. The van der Waals surface area contributed by atoms with Crippen molar-refractivity contribution in [2.45, 2.75) is 19.8 Å². The number of hydrogen-bond acceptors (Lipinski definition) is 5. The monoisotopic (exact) mass is 281 g/mol. The summed E-state index contributed by atoms with van der Waals surface area (Å²) >= 11 is 0. The molecule has 6 nitrogen and oxygen atoms in total. The van der Waals surface area contributed by atoms with Gasteiger partial charge in [0.05, 0.1) is 33.0 Å². The van der Waals surface area contributed by atoms with Gasteiger partial charge < -0.3 is 24.7 Å². The number of carbonyl (C=O) groups excluding carboxylic acids is 1. The third-order valence-corrected chi connectivity index (χ3v) is 1.86. The molecule has 0 spiro atoms. The maximum atomic E-state index is 10.2. The quantitative estimate of drug-likeness (QED) is 0.385. The number of ether oxygens (including phenoxy) is 4. The van der Waals surface area contributed by atoms with Gasteiger partial charge in [0.15, 0.2) is 0 Å². The van der Waals surface area contributed by atoms with E-state index in [1.165, 1.54) is 0 Å². The Balaban J connectivity index is 0. The van der Waals surface area contributed by atoms with Crippen LogP contribution in [0.2, 0.25) is 0 Å². The van der Waals surface area contributed by atoms with Gasteiger partial charge in [-0.1, -0.05) is 13.3 Å². The third-order valence-electron chi connectivity index (χ3n) is 1.86. The smallest absolute Gasteiger partial charge is 0.404 e. The van der Waals surface area contributed by atoms with E-state index in [1.807, 2.05) is 0 Å². The Morgan fingerprint density at radius 3 is 1.78 bits per heavy atom. The first-order chi connectivity index (χ1) is 8.27. The second kappa shape index (κ2) is 16.4. The third kappa shape index (κ3) is 17.8. The summed E-state index contributed by atoms with van der Waals surface area (Å²) in [4.78, 5) is 10.2. The van der Waals surface area contributed by atoms with Crippen molar-refractivity contribution in [3.05, 3.63) is 0 Å². The van der Waals surface area contributed by atoms with Crippen LogP contribution in [0, 0.1) is 0 Å². The zero-order valence-corrected chi connectivity index (χ0v) is 10.5. The molecule has 110 valence electrons. The molecular formula is C11H27NO5Si. The summed E-state index contributed by atoms with van der Waals surface area (Å²) in [6.07, 6.45) is 1.44. The fourth-order valence-electron chi connectivity index (χ4n) is 0.989. The molecule has 0 saturated carbocycles. The van der Waals surface area contributed by atoms with Gasteiger partial charge in [0.25, 0.3) is 0 Å². The normalized spacial score (nSPS) is 9.83. The molecule has 0 radical (unpaired) electrons. The highest BCUT2D eigenvalue weighted by molar-refractivity contribution is 5.75. The average molecular weight is 281 g/mol. The zero-order valence-electron chi connectivity index (χ0n) is 10.5. The van der Waals surface area contributed by atoms with Crippen LogP contribution in [0.1, 0.15) is 19.8 Å². The summed E-state index contributed by atoms with van der Waals surface area (Å²) in [5.74, 6) is 0. The molecule has 0 fully saturated rings. The van der Waals surface area contributed by atoms with E-state index in [2.05, 4.69) is 11.7 Å². The predicted octanol–water partition coefficient (Wildman–Crippen LogP) is -0.520. The Labute approximate surface area is 113 Å². The SMILES string of the molecule is CCCCOCCOCCOCCOC(N)=O.[SiH4]. The van der Waals surface area contributed by atoms with Crippen LogP contribution in [0.25, 0.3) is 0 Å². The van der Waals surface area contributed by atoms with Crippen molar-refractivity contribution in [2.24, 2.45) is 5.73 Å². The van der Waals surface area contributed by atoms with Gasteiger partial charge in [-0.2, -0.15) is 0 Å². The molecule has 0 saturated heterocycles. The first-order valence-electron chi connectivity index (χ1n) is 5.92. The van der Waals surface area contributed by atoms with Gasteiger partial charge in [0.1, 0.15) is 6.61 Å². The lowest BCUT2D eigenvalue weighted by Crippen LogP contribution is -2.17. The summed E-state index contributed by atoms with van der Waals surface area (Å²) in [5, 5.41) is 0. The molecule has 1 amide bonds. The molecule has 0 aliphatic rings. The minimum absolute atomic E-state index is 0. The van der Waals surface area contributed by atoms with Crippen molar-refractivity contribution in [2.75, 3.05) is 46.2 Å². The second-order valence-corrected chi connectivity index (χ2v) is 3.36. The lowest BCUT2D eigenvalue weighted by Gasteiger charge is -2.06. The summed E-state index contributed by atoms with van der Waals surface area (Å²) in [6, 6.07) is 0. The number of unbranched alkanes of at least 4 members (excludes halogenated alkanes) is 1. The Hall–Kier alpha value is -0.633. The number of carbonyl (C=O) groups is 1. The van der Waals surface area contributed by atoms with Crippen LogP contribution in [-0.4, -0.2) is 63.3 Å². The Morgan fingerprint density at radius 2 is 1.33 bits per heavy atom.